The summed E-state index contributed by atoms with van der Waals surface area (Å²) in [6, 6.07) is 7.52. The average Bonchev–Trinajstić information content (AvgIpc) is 2.34. The molecule has 2 unspecified atom stereocenters. The monoisotopic (exact) mass is 252 g/mol. The van der Waals surface area contributed by atoms with Crippen molar-refractivity contribution in [3.63, 3.8) is 0 Å². The van der Waals surface area contributed by atoms with Gasteiger partial charge >= 0.3 is 0 Å². The van der Waals surface area contributed by atoms with E-state index in [0.717, 1.165) is 24.9 Å². The van der Waals surface area contributed by atoms with Gasteiger partial charge < -0.3 is 10.2 Å². The number of hydrogen-bond acceptors (Lipinski definition) is 2. The number of halogens is 1. The van der Waals surface area contributed by atoms with Gasteiger partial charge in [-0.25, -0.2) is 4.39 Å². The van der Waals surface area contributed by atoms with Crippen LogP contribution in [-0.2, 0) is 0 Å². The van der Waals surface area contributed by atoms with Gasteiger partial charge in [0, 0.05) is 17.6 Å². The van der Waals surface area contributed by atoms with E-state index in [4.69, 9.17) is 0 Å². The lowest BCUT2D eigenvalue weighted by molar-refractivity contribution is 0.344. The molecule has 2 atom stereocenters. The van der Waals surface area contributed by atoms with Crippen LogP contribution in [0.1, 0.15) is 38.3 Å². The summed E-state index contributed by atoms with van der Waals surface area (Å²) in [5.41, 5.74) is 0.775. The molecule has 0 heterocycles. The van der Waals surface area contributed by atoms with Gasteiger partial charge in [-0.1, -0.05) is 25.1 Å². The van der Waals surface area contributed by atoms with Crippen LogP contribution in [0.15, 0.2) is 24.3 Å². The fourth-order valence-corrected chi connectivity index (χ4v) is 2.06. The molecule has 0 saturated carbocycles. The Morgan fingerprint density at radius 3 is 2.50 bits per heavy atom. The quantitative estimate of drug-likeness (QED) is 0.801. The third kappa shape index (κ3) is 4.75. The molecule has 0 spiro atoms. The van der Waals surface area contributed by atoms with Crippen LogP contribution in [-0.4, -0.2) is 31.6 Å². The van der Waals surface area contributed by atoms with Crippen molar-refractivity contribution in [2.75, 3.05) is 20.6 Å². The van der Waals surface area contributed by atoms with Gasteiger partial charge in [-0.2, -0.15) is 0 Å². The SMILES string of the molecule is CCC(NC(C)CCN(C)C)c1ccccc1F. The molecule has 2 nitrogen and oxygen atoms in total. The Balaban J connectivity index is 2.59. The summed E-state index contributed by atoms with van der Waals surface area (Å²) in [4.78, 5) is 2.17. The molecule has 0 amide bonds. The molecular weight excluding hydrogens is 227 g/mol. The Morgan fingerprint density at radius 1 is 1.28 bits per heavy atom. The lowest BCUT2D eigenvalue weighted by atomic mass is 10.0. The van der Waals surface area contributed by atoms with E-state index >= 15 is 0 Å². The molecule has 1 aromatic carbocycles. The molecule has 0 aromatic heterocycles. The highest BCUT2D eigenvalue weighted by Crippen LogP contribution is 2.20. The Morgan fingerprint density at radius 2 is 1.94 bits per heavy atom. The summed E-state index contributed by atoms with van der Waals surface area (Å²) in [7, 11) is 4.14. The standard InChI is InChI=1S/C15H25FN2/c1-5-15(13-8-6-7-9-14(13)16)17-12(2)10-11-18(3)4/h6-9,12,15,17H,5,10-11H2,1-4H3. The van der Waals surface area contributed by atoms with Crippen LogP contribution in [0.5, 0.6) is 0 Å². The van der Waals surface area contributed by atoms with Crippen molar-refractivity contribution in [2.24, 2.45) is 0 Å². The van der Waals surface area contributed by atoms with Crippen molar-refractivity contribution in [3.05, 3.63) is 35.6 Å². The third-order valence-corrected chi connectivity index (χ3v) is 3.18. The molecule has 0 aliphatic heterocycles. The predicted octanol–water partition coefficient (Wildman–Crippen LogP) is 3.21. The van der Waals surface area contributed by atoms with Crippen LogP contribution < -0.4 is 5.32 Å². The van der Waals surface area contributed by atoms with Crippen LogP contribution in [0.2, 0.25) is 0 Å². The predicted molar refractivity (Wildman–Crippen MR) is 75.2 cm³/mol. The first-order valence-corrected chi connectivity index (χ1v) is 6.69. The van der Waals surface area contributed by atoms with Crippen LogP contribution in [0.4, 0.5) is 4.39 Å². The summed E-state index contributed by atoms with van der Waals surface area (Å²) >= 11 is 0. The molecule has 0 saturated heterocycles. The zero-order chi connectivity index (χ0) is 13.5. The fourth-order valence-electron chi connectivity index (χ4n) is 2.06. The fraction of sp³-hybridized carbons (Fsp3) is 0.600. The molecule has 0 bridgehead atoms. The zero-order valence-electron chi connectivity index (χ0n) is 11.9. The van der Waals surface area contributed by atoms with Gasteiger partial charge in [0.05, 0.1) is 0 Å². The highest BCUT2D eigenvalue weighted by molar-refractivity contribution is 5.21. The summed E-state index contributed by atoms with van der Waals surface area (Å²) < 4.78 is 13.7. The lowest BCUT2D eigenvalue weighted by Gasteiger charge is -2.24. The summed E-state index contributed by atoms with van der Waals surface area (Å²) in [5, 5.41) is 3.51. The van der Waals surface area contributed by atoms with E-state index in [9.17, 15) is 4.39 Å². The minimum absolute atomic E-state index is 0.100. The van der Waals surface area contributed by atoms with Gasteiger partial charge in [-0.05, 0) is 46.5 Å². The average molecular weight is 252 g/mol. The third-order valence-electron chi connectivity index (χ3n) is 3.18. The smallest absolute Gasteiger partial charge is 0.127 e. The normalized spacial score (nSPS) is 14.8. The van der Waals surface area contributed by atoms with Crippen molar-refractivity contribution < 1.29 is 4.39 Å². The maximum atomic E-state index is 13.7. The molecule has 0 aliphatic rings. The van der Waals surface area contributed by atoms with E-state index in [1.54, 1.807) is 6.07 Å². The van der Waals surface area contributed by atoms with Crippen LogP contribution in [0, 0.1) is 5.82 Å². The number of nitrogens with zero attached hydrogens (tertiary/aromatic N) is 1. The van der Waals surface area contributed by atoms with E-state index in [0.29, 0.717) is 6.04 Å². The molecule has 18 heavy (non-hydrogen) atoms. The molecule has 102 valence electrons. The highest BCUT2D eigenvalue weighted by Gasteiger charge is 2.15. The van der Waals surface area contributed by atoms with Gasteiger partial charge in [0.15, 0.2) is 0 Å². The first kappa shape index (κ1) is 15.1. The van der Waals surface area contributed by atoms with Crippen LogP contribution >= 0.6 is 0 Å². The molecule has 0 fully saturated rings. The van der Waals surface area contributed by atoms with Gasteiger partial charge in [0.1, 0.15) is 5.82 Å². The van der Waals surface area contributed by atoms with Crippen molar-refractivity contribution in [2.45, 2.75) is 38.8 Å². The second-order valence-electron chi connectivity index (χ2n) is 5.14. The Labute approximate surface area is 110 Å². The maximum absolute atomic E-state index is 13.7. The maximum Gasteiger partial charge on any atom is 0.127 e. The second-order valence-corrected chi connectivity index (χ2v) is 5.14. The van der Waals surface area contributed by atoms with E-state index in [1.807, 2.05) is 12.1 Å². The summed E-state index contributed by atoms with van der Waals surface area (Å²) in [5.74, 6) is -0.114. The molecule has 0 radical (unpaired) electrons. The van der Waals surface area contributed by atoms with Crippen LogP contribution in [0.3, 0.4) is 0 Å². The number of rotatable bonds is 7. The zero-order valence-corrected chi connectivity index (χ0v) is 11.9. The molecular formula is C15H25FN2. The van der Waals surface area contributed by atoms with Gasteiger partial charge in [-0.3, -0.25) is 0 Å². The van der Waals surface area contributed by atoms with Crippen molar-refractivity contribution in [1.29, 1.82) is 0 Å². The molecule has 1 aromatic rings. The first-order valence-electron chi connectivity index (χ1n) is 6.69. The Hall–Kier alpha value is -0.930. The highest BCUT2D eigenvalue weighted by atomic mass is 19.1. The topological polar surface area (TPSA) is 15.3 Å². The Bertz CT molecular complexity index is 352. The van der Waals surface area contributed by atoms with Gasteiger partial charge in [0.25, 0.3) is 0 Å². The molecule has 1 rings (SSSR count). The molecule has 3 heteroatoms. The molecule has 1 N–H and O–H groups in total. The van der Waals surface area contributed by atoms with E-state index < -0.39 is 0 Å². The largest absolute Gasteiger partial charge is 0.309 e. The van der Waals surface area contributed by atoms with E-state index in [-0.39, 0.29) is 11.9 Å². The number of nitrogens with one attached hydrogen (secondary N) is 1. The molecule has 0 aliphatic carbocycles. The van der Waals surface area contributed by atoms with Crippen LogP contribution in [0.25, 0.3) is 0 Å². The lowest BCUT2D eigenvalue weighted by Crippen LogP contribution is -2.33. The van der Waals surface area contributed by atoms with Crippen molar-refractivity contribution in [1.82, 2.24) is 10.2 Å². The summed E-state index contributed by atoms with van der Waals surface area (Å²) in [6.07, 6.45) is 1.96. The first-order chi connectivity index (χ1) is 8.54. The minimum atomic E-state index is -0.114. The number of hydrogen-bond donors (Lipinski definition) is 1. The minimum Gasteiger partial charge on any atom is -0.309 e. The van der Waals surface area contributed by atoms with Crippen molar-refractivity contribution in [3.8, 4) is 0 Å². The van der Waals surface area contributed by atoms with E-state index in [2.05, 4.69) is 38.2 Å². The van der Waals surface area contributed by atoms with Crippen molar-refractivity contribution >= 4 is 0 Å². The Kier molecular flexibility index (Phi) is 6.30. The second kappa shape index (κ2) is 7.49. The summed E-state index contributed by atoms with van der Waals surface area (Å²) in [6.45, 7) is 5.29. The van der Waals surface area contributed by atoms with Gasteiger partial charge in [-0.15, -0.1) is 0 Å². The van der Waals surface area contributed by atoms with E-state index in [1.165, 1.54) is 6.07 Å². The number of benzene rings is 1. The van der Waals surface area contributed by atoms with Gasteiger partial charge in [0.2, 0.25) is 0 Å².